The number of ether oxygens (including phenoxy) is 4. The number of benzene rings is 2. The second-order valence-corrected chi connectivity index (χ2v) is 5.33. The van der Waals surface area contributed by atoms with E-state index in [0.29, 0.717) is 22.6 Å². The van der Waals surface area contributed by atoms with E-state index in [1.54, 1.807) is 24.3 Å². The van der Waals surface area contributed by atoms with Crippen LogP contribution in [0.1, 0.15) is 11.1 Å². The number of esters is 1. The van der Waals surface area contributed by atoms with Crippen LogP contribution in [0.5, 0.6) is 17.2 Å². The number of nitrogens with zero attached hydrogens (tertiary/aromatic N) is 1. The van der Waals surface area contributed by atoms with Gasteiger partial charge in [-0.2, -0.15) is 0 Å². The summed E-state index contributed by atoms with van der Waals surface area (Å²) in [6.45, 7) is 0. The third-order valence-corrected chi connectivity index (χ3v) is 3.70. The average Bonchev–Trinajstić information content (AvgIpc) is 3.02. The molecule has 0 spiro atoms. The first-order chi connectivity index (χ1) is 12.5. The molecule has 0 amide bonds. The zero-order chi connectivity index (χ0) is 18.7. The van der Waals surface area contributed by atoms with E-state index in [9.17, 15) is 9.18 Å². The van der Waals surface area contributed by atoms with Gasteiger partial charge in [-0.3, -0.25) is 0 Å². The summed E-state index contributed by atoms with van der Waals surface area (Å²) in [6, 6.07) is 9.37. The SMILES string of the molecule is COc1cc(OC)cc(C2=N/C(=C/c3ccc(OC)c(F)c3)C(=O)O2)c1. The molecule has 0 aromatic heterocycles. The van der Waals surface area contributed by atoms with Crippen LogP contribution in [0.25, 0.3) is 6.08 Å². The van der Waals surface area contributed by atoms with Crippen molar-refractivity contribution in [1.82, 2.24) is 0 Å². The molecule has 0 saturated carbocycles. The summed E-state index contributed by atoms with van der Waals surface area (Å²) in [5.74, 6) is 0.148. The van der Waals surface area contributed by atoms with Crippen LogP contribution >= 0.6 is 0 Å². The fourth-order valence-electron chi connectivity index (χ4n) is 2.39. The summed E-state index contributed by atoms with van der Waals surface area (Å²) in [5, 5.41) is 0. The average molecular weight is 357 g/mol. The van der Waals surface area contributed by atoms with Crippen LogP contribution in [-0.2, 0) is 9.53 Å². The molecule has 1 aliphatic heterocycles. The van der Waals surface area contributed by atoms with Crippen molar-refractivity contribution in [2.75, 3.05) is 21.3 Å². The minimum absolute atomic E-state index is 0.0614. The van der Waals surface area contributed by atoms with Gasteiger partial charge >= 0.3 is 5.97 Å². The standard InChI is InChI=1S/C19H16FNO5/c1-23-13-8-12(9-14(10-13)24-2)18-21-16(19(22)26-18)7-11-4-5-17(25-3)15(20)6-11/h4-10H,1-3H3/b16-7+. The molecule has 26 heavy (non-hydrogen) atoms. The minimum Gasteiger partial charge on any atom is -0.497 e. The number of aliphatic imine (C=N–C) groups is 1. The summed E-state index contributed by atoms with van der Waals surface area (Å²) >= 11 is 0. The monoisotopic (exact) mass is 357 g/mol. The molecule has 0 saturated heterocycles. The number of rotatable bonds is 5. The van der Waals surface area contributed by atoms with Gasteiger partial charge in [-0.1, -0.05) is 6.07 Å². The van der Waals surface area contributed by atoms with Crippen molar-refractivity contribution >= 4 is 17.9 Å². The van der Waals surface area contributed by atoms with Gasteiger partial charge in [0.2, 0.25) is 5.90 Å². The lowest BCUT2D eigenvalue weighted by Gasteiger charge is -2.07. The van der Waals surface area contributed by atoms with Gasteiger partial charge in [0.25, 0.3) is 0 Å². The minimum atomic E-state index is -0.627. The van der Waals surface area contributed by atoms with Crippen molar-refractivity contribution in [3.8, 4) is 17.2 Å². The molecule has 0 N–H and O–H groups in total. The van der Waals surface area contributed by atoms with Gasteiger partial charge in [-0.25, -0.2) is 14.2 Å². The molecule has 2 aromatic carbocycles. The molecule has 1 aliphatic rings. The number of cyclic esters (lactones) is 1. The van der Waals surface area contributed by atoms with Gasteiger partial charge in [0.05, 0.1) is 21.3 Å². The Labute approximate surface area is 149 Å². The lowest BCUT2D eigenvalue weighted by Crippen LogP contribution is -2.06. The Morgan fingerprint density at radius 2 is 1.69 bits per heavy atom. The lowest BCUT2D eigenvalue weighted by molar-refractivity contribution is -0.129. The molecule has 0 radical (unpaired) electrons. The predicted molar refractivity (Wildman–Crippen MR) is 93.1 cm³/mol. The van der Waals surface area contributed by atoms with Crippen LogP contribution < -0.4 is 14.2 Å². The highest BCUT2D eigenvalue weighted by molar-refractivity contribution is 6.13. The van der Waals surface area contributed by atoms with Crippen LogP contribution in [0.4, 0.5) is 4.39 Å². The second kappa shape index (κ2) is 7.26. The van der Waals surface area contributed by atoms with Crippen molar-refractivity contribution < 1.29 is 28.1 Å². The Morgan fingerprint density at radius 3 is 2.27 bits per heavy atom. The number of hydrogen-bond donors (Lipinski definition) is 0. The number of carbonyl (C=O) groups excluding carboxylic acids is 1. The molecule has 0 unspecified atom stereocenters. The summed E-state index contributed by atoms with van der Waals surface area (Å²) in [5.41, 5.74) is 1.05. The van der Waals surface area contributed by atoms with E-state index in [-0.39, 0.29) is 17.3 Å². The van der Waals surface area contributed by atoms with Crippen molar-refractivity contribution in [3.63, 3.8) is 0 Å². The Bertz CT molecular complexity index is 898. The molecule has 7 heteroatoms. The number of halogens is 1. The van der Waals surface area contributed by atoms with Crippen molar-refractivity contribution in [2.24, 2.45) is 4.99 Å². The first kappa shape index (κ1) is 17.5. The van der Waals surface area contributed by atoms with Crippen LogP contribution in [-0.4, -0.2) is 33.2 Å². The lowest BCUT2D eigenvalue weighted by atomic mass is 10.2. The maximum Gasteiger partial charge on any atom is 0.363 e. The van der Waals surface area contributed by atoms with E-state index in [0.717, 1.165) is 0 Å². The third kappa shape index (κ3) is 3.51. The van der Waals surface area contributed by atoms with Crippen molar-refractivity contribution in [2.45, 2.75) is 0 Å². The van der Waals surface area contributed by atoms with Crippen molar-refractivity contribution in [1.29, 1.82) is 0 Å². The molecule has 0 fully saturated rings. The Kier molecular flexibility index (Phi) is 4.88. The highest BCUT2D eigenvalue weighted by atomic mass is 19.1. The van der Waals surface area contributed by atoms with E-state index in [2.05, 4.69) is 4.99 Å². The molecule has 2 aromatic rings. The quantitative estimate of drug-likeness (QED) is 0.607. The van der Waals surface area contributed by atoms with Gasteiger partial charge in [0, 0.05) is 11.6 Å². The van der Waals surface area contributed by atoms with Crippen molar-refractivity contribution in [3.05, 3.63) is 59.0 Å². The number of carbonyl (C=O) groups is 1. The largest absolute Gasteiger partial charge is 0.497 e. The Morgan fingerprint density at radius 1 is 1.00 bits per heavy atom. The highest BCUT2D eigenvalue weighted by Gasteiger charge is 2.25. The summed E-state index contributed by atoms with van der Waals surface area (Å²) < 4.78 is 34.3. The zero-order valence-corrected chi connectivity index (χ0v) is 14.4. The number of methoxy groups -OCH3 is 3. The maximum atomic E-state index is 13.8. The molecular weight excluding hydrogens is 341 g/mol. The van der Waals surface area contributed by atoms with Gasteiger partial charge in [-0.15, -0.1) is 0 Å². The van der Waals surface area contributed by atoms with Gasteiger partial charge in [0.15, 0.2) is 17.3 Å². The van der Waals surface area contributed by atoms with Crippen LogP contribution in [0.15, 0.2) is 47.1 Å². The van der Waals surface area contributed by atoms with Crippen LogP contribution in [0.3, 0.4) is 0 Å². The molecule has 6 nitrogen and oxygen atoms in total. The zero-order valence-electron chi connectivity index (χ0n) is 14.4. The Balaban J connectivity index is 1.95. The summed E-state index contributed by atoms with van der Waals surface area (Å²) in [4.78, 5) is 16.3. The Hall–Kier alpha value is -3.35. The van der Waals surface area contributed by atoms with E-state index in [1.165, 1.54) is 39.5 Å². The first-order valence-corrected chi connectivity index (χ1v) is 7.63. The van der Waals surface area contributed by atoms with Crippen LogP contribution in [0, 0.1) is 5.82 Å². The smallest absolute Gasteiger partial charge is 0.363 e. The highest BCUT2D eigenvalue weighted by Crippen LogP contribution is 2.27. The molecule has 0 bridgehead atoms. The van der Waals surface area contributed by atoms with Gasteiger partial charge < -0.3 is 18.9 Å². The second-order valence-electron chi connectivity index (χ2n) is 5.33. The molecule has 134 valence electrons. The third-order valence-electron chi connectivity index (χ3n) is 3.70. The van der Waals surface area contributed by atoms with E-state index < -0.39 is 11.8 Å². The number of hydrogen-bond acceptors (Lipinski definition) is 6. The molecule has 0 atom stereocenters. The molecular formula is C19H16FNO5. The van der Waals surface area contributed by atoms with Gasteiger partial charge in [0.1, 0.15) is 11.5 Å². The summed E-state index contributed by atoms with van der Waals surface area (Å²) in [7, 11) is 4.42. The van der Waals surface area contributed by atoms with Crippen LogP contribution in [0.2, 0.25) is 0 Å². The topological polar surface area (TPSA) is 66.3 Å². The molecule has 1 heterocycles. The molecule has 0 aliphatic carbocycles. The predicted octanol–water partition coefficient (Wildman–Crippen LogP) is 3.20. The fraction of sp³-hybridized carbons (Fsp3) is 0.158. The first-order valence-electron chi connectivity index (χ1n) is 7.63. The molecule has 3 rings (SSSR count). The normalized spacial score (nSPS) is 14.8. The summed E-state index contributed by atoms with van der Waals surface area (Å²) in [6.07, 6.45) is 1.44. The van der Waals surface area contributed by atoms with Gasteiger partial charge in [-0.05, 0) is 35.9 Å². The van der Waals surface area contributed by atoms with E-state index in [1.807, 2.05) is 0 Å². The fourth-order valence-corrected chi connectivity index (χ4v) is 2.39. The maximum absolute atomic E-state index is 13.8. The van der Waals surface area contributed by atoms with E-state index >= 15 is 0 Å². The van der Waals surface area contributed by atoms with E-state index in [4.69, 9.17) is 18.9 Å².